The van der Waals surface area contributed by atoms with Gasteiger partial charge < -0.3 is 15.4 Å². The third kappa shape index (κ3) is 6.20. The topological polar surface area (TPSA) is 67.4 Å². The number of ether oxygens (including phenoxy) is 1. The number of alkyl carbamates (subject to hydrolysis) is 1. The van der Waals surface area contributed by atoms with Gasteiger partial charge in [-0.1, -0.05) is 22.0 Å². The fourth-order valence-corrected chi connectivity index (χ4v) is 3.84. The van der Waals surface area contributed by atoms with Crippen molar-refractivity contribution in [2.75, 3.05) is 12.0 Å². The Balaban J connectivity index is 2.02. The molecule has 1 aromatic rings. The number of rotatable bonds is 6. The highest BCUT2D eigenvalue weighted by atomic mass is 79.9. The van der Waals surface area contributed by atoms with Gasteiger partial charge in [-0.25, -0.2) is 4.79 Å². The van der Waals surface area contributed by atoms with Crippen LogP contribution in [0.4, 0.5) is 4.79 Å². The highest BCUT2D eigenvalue weighted by Crippen LogP contribution is 2.33. The Bertz CT molecular complexity index is 661. The number of carbonyl (C=O) groups excluding carboxylic acids is 2. The lowest BCUT2D eigenvalue weighted by atomic mass is 10.1. The maximum atomic E-state index is 12.8. The molecule has 0 saturated carbocycles. The standard InChI is InChI=1S/C19H27BrN2O3S/c1-19(2,3)25-18(24)22-16(9-10-26-4)17(23)21-15-8-5-12-11-13(20)6-7-14(12)15/h6-7,11,15-16H,5,8-10H2,1-4H3,(H,21,23)(H,22,24)/t15-,16+/m1/s1. The zero-order valence-electron chi connectivity index (χ0n) is 15.7. The zero-order chi connectivity index (χ0) is 19.3. The highest BCUT2D eigenvalue weighted by Gasteiger charge is 2.29. The molecule has 26 heavy (non-hydrogen) atoms. The number of fused-ring (bicyclic) bond motifs is 1. The number of carbonyl (C=O) groups is 2. The van der Waals surface area contributed by atoms with Crippen molar-refractivity contribution in [1.82, 2.24) is 10.6 Å². The molecule has 0 spiro atoms. The largest absolute Gasteiger partial charge is 0.444 e. The molecule has 2 amide bonds. The zero-order valence-corrected chi connectivity index (χ0v) is 18.1. The van der Waals surface area contributed by atoms with E-state index in [1.807, 2.05) is 12.3 Å². The number of hydrogen-bond acceptors (Lipinski definition) is 4. The SMILES string of the molecule is CSCC[C@H](NC(=O)OC(C)(C)C)C(=O)N[C@@H]1CCc2cc(Br)ccc21. The summed E-state index contributed by atoms with van der Waals surface area (Å²) >= 11 is 5.13. The minimum atomic E-state index is -0.600. The smallest absolute Gasteiger partial charge is 0.408 e. The number of nitrogens with one attached hydrogen (secondary N) is 2. The number of hydrogen-bond donors (Lipinski definition) is 2. The van der Waals surface area contributed by atoms with E-state index in [1.165, 1.54) is 5.56 Å². The second kappa shape index (κ2) is 9.13. The highest BCUT2D eigenvalue weighted by molar-refractivity contribution is 9.10. The van der Waals surface area contributed by atoms with Crippen LogP contribution in [0.15, 0.2) is 22.7 Å². The first kappa shape index (κ1) is 21.1. The molecule has 0 unspecified atom stereocenters. The van der Waals surface area contributed by atoms with Gasteiger partial charge in [0.15, 0.2) is 0 Å². The molecule has 0 saturated heterocycles. The van der Waals surface area contributed by atoms with Crippen LogP contribution >= 0.6 is 27.7 Å². The third-order valence-corrected chi connectivity index (χ3v) is 5.25. The van der Waals surface area contributed by atoms with Crippen LogP contribution in [-0.4, -0.2) is 35.7 Å². The van der Waals surface area contributed by atoms with Gasteiger partial charge in [-0.15, -0.1) is 0 Å². The monoisotopic (exact) mass is 442 g/mol. The summed E-state index contributed by atoms with van der Waals surface area (Å²) < 4.78 is 6.34. The number of halogens is 1. The van der Waals surface area contributed by atoms with Crippen molar-refractivity contribution in [3.8, 4) is 0 Å². The lowest BCUT2D eigenvalue weighted by Crippen LogP contribution is -2.49. The second-order valence-electron chi connectivity index (χ2n) is 7.42. The van der Waals surface area contributed by atoms with Crippen LogP contribution in [0.2, 0.25) is 0 Å². The summed E-state index contributed by atoms with van der Waals surface area (Å²) in [5.74, 6) is 0.618. The number of benzene rings is 1. The number of aryl methyl sites for hydroxylation is 1. The fraction of sp³-hybridized carbons (Fsp3) is 0.579. The van der Waals surface area contributed by atoms with E-state index in [0.717, 1.165) is 28.6 Å². The first-order chi connectivity index (χ1) is 12.2. The summed E-state index contributed by atoms with van der Waals surface area (Å²) in [5, 5.41) is 5.82. The molecule has 2 rings (SSSR count). The summed E-state index contributed by atoms with van der Waals surface area (Å²) in [6, 6.07) is 5.54. The molecule has 2 atom stereocenters. The van der Waals surface area contributed by atoms with Gasteiger partial charge in [0.1, 0.15) is 11.6 Å². The molecule has 7 heteroatoms. The van der Waals surface area contributed by atoms with Crippen molar-refractivity contribution in [2.24, 2.45) is 0 Å². The Morgan fingerprint density at radius 1 is 1.38 bits per heavy atom. The molecule has 0 heterocycles. The second-order valence-corrected chi connectivity index (χ2v) is 9.32. The van der Waals surface area contributed by atoms with Gasteiger partial charge in [-0.2, -0.15) is 11.8 Å². The summed E-state index contributed by atoms with van der Waals surface area (Å²) in [6.45, 7) is 5.41. The maximum absolute atomic E-state index is 12.8. The summed E-state index contributed by atoms with van der Waals surface area (Å²) in [7, 11) is 0. The van der Waals surface area contributed by atoms with Gasteiger partial charge in [0.2, 0.25) is 5.91 Å². The van der Waals surface area contributed by atoms with Crippen LogP contribution in [0.25, 0.3) is 0 Å². The molecular formula is C19H27BrN2O3S. The van der Waals surface area contributed by atoms with Crippen LogP contribution in [-0.2, 0) is 16.0 Å². The molecule has 0 radical (unpaired) electrons. The molecule has 144 valence electrons. The van der Waals surface area contributed by atoms with E-state index in [1.54, 1.807) is 32.5 Å². The van der Waals surface area contributed by atoms with Crippen LogP contribution in [0, 0.1) is 0 Å². The molecule has 0 bridgehead atoms. The van der Waals surface area contributed by atoms with E-state index in [9.17, 15) is 9.59 Å². The minimum absolute atomic E-state index is 0.0113. The van der Waals surface area contributed by atoms with Crippen LogP contribution < -0.4 is 10.6 Å². The molecule has 0 aliphatic heterocycles. The lowest BCUT2D eigenvalue weighted by molar-refractivity contribution is -0.124. The Kier molecular flexibility index (Phi) is 7.41. The van der Waals surface area contributed by atoms with Crippen molar-refractivity contribution < 1.29 is 14.3 Å². The van der Waals surface area contributed by atoms with Crippen LogP contribution in [0.5, 0.6) is 0 Å². The van der Waals surface area contributed by atoms with Crippen molar-refractivity contribution >= 4 is 39.7 Å². The lowest BCUT2D eigenvalue weighted by Gasteiger charge is -2.24. The average Bonchev–Trinajstić information content (AvgIpc) is 2.91. The van der Waals surface area contributed by atoms with Crippen LogP contribution in [0.1, 0.15) is 50.8 Å². The van der Waals surface area contributed by atoms with Gasteiger partial charge in [0.25, 0.3) is 0 Å². The van der Waals surface area contributed by atoms with E-state index in [0.29, 0.717) is 6.42 Å². The van der Waals surface area contributed by atoms with E-state index in [2.05, 4.69) is 38.7 Å². The average molecular weight is 443 g/mol. The molecule has 0 aromatic heterocycles. The van der Waals surface area contributed by atoms with Gasteiger partial charge >= 0.3 is 6.09 Å². The first-order valence-corrected chi connectivity index (χ1v) is 11.0. The minimum Gasteiger partial charge on any atom is -0.444 e. The van der Waals surface area contributed by atoms with E-state index < -0.39 is 17.7 Å². The van der Waals surface area contributed by atoms with Crippen molar-refractivity contribution in [3.63, 3.8) is 0 Å². The summed E-state index contributed by atoms with van der Waals surface area (Å²) in [6.07, 6.45) is 3.79. The predicted molar refractivity (Wildman–Crippen MR) is 110 cm³/mol. The Labute approximate surface area is 168 Å². The third-order valence-electron chi connectivity index (χ3n) is 4.12. The Morgan fingerprint density at radius 3 is 2.77 bits per heavy atom. The number of thioether (sulfide) groups is 1. The molecule has 1 aromatic carbocycles. The molecule has 2 N–H and O–H groups in total. The normalized spacial score (nSPS) is 17.3. The number of amides is 2. The Morgan fingerprint density at radius 2 is 2.12 bits per heavy atom. The van der Waals surface area contributed by atoms with E-state index in [-0.39, 0.29) is 11.9 Å². The van der Waals surface area contributed by atoms with E-state index in [4.69, 9.17) is 4.74 Å². The van der Waals surface area contributed by atoms with Crippen molar-refractivity contribution in [2.45, 2.75) is 57.7 Å². The van der Waals surface area contributed by atoms with Gasteiger partial charge in [0.05, 0.1) is 6.04 Å². The molecular weight excluding hydrogens is 416 g/mol. The van der Waals surface area contributed by atoms with Crippen molar-refractivity contribution in [3.05, 3.63) is 33.8 Å². The summed E-state index contributed by atoms with van der Waals surface area (Å²) in [4.78, 5) is 24.9. The van der Waals surface area contributed by atoms with Gasteiger partial charge in [-0.05, 0) is 75.3 Å². The fourth-order valence-electron chi connectivity index (χ4n) is 2.96. The molecule has 1 aliphatic carbocycles. The van der Waals surface area contributed by atoms with Gasteiger partial charge in [0, 0.05) is 4.47 Å². The predicted octanol–water partition coefficient (Wildman–Crippen LogP) is 4.20. The van der Waals surface area contributed by atoms with Gasteiger partial charge in [-0.3, -0.25) is 4.79 Å². The quantitative estimate of drug-likeness (QED) is 0.692. The summed E-state index contributed by atoms with van der Waals surface area (Å²) in [5.41, 5.74) is 1.82. The Hall–Kier alpha value is -1.21. The van der Waals surface area contributed by atoms with Crippen molar-refractivity contribution in [1.29, 1.82) is 0 Å². The molecule has 1 aliphatic rings. The van der Waals surface area contributed by atoms with Crippen LogP contribution in [0.3, 0.4) is 0 Å². The maximum Gasteiger partial charge on any atom is 0.408 e. The van der Waals surface area contributed by atoms with E-state index >= 15 is 0 Å². The first-order valence-electron chi connectivity index (χ1n) is 8.77. The molecule has 0 fully saturated rings. The molecule has 5 nitrogen and oxygen atoms in total.